The van der Waals surface area contributed by atoms with Gasteiger partial charge in [-0.05, 0) is 51.3 Å². The highest BCUT2D eigenvalue weighted by Gasteiger charge is 1.96. The number of hydrogen-bond donors (Lipinski definition) is 1. The summed E-state index contributed by atoms with van der Waals surface area (Å²) in [6, 6.07) is 0.615. The van der Waals surface area contributed by atoms with Crippen molar-refractivity contribution in [1.29, 1.82) is 0 Å². The Morgan fingerprint density at radius 1 is 1.33 bits per heavy atom. The summed E-state index contributed by atoms with van der Waals surface area (Å²) in [5.74, 6) is 0. The fourth-order valence-corrected chi connectivity index (χ4v) is 1.35. The van der Waals surface area contributed by atoms with Crippen LogP contribution in [0.5, 0.6) is 0 Å². The Morgan fingerprint density at radius 3 is 2.53 bits per heavy atom. The first-order valence-corrected chi connectivity index (χ1v) is 5.81. The van der Waals surface area contributed by atoms with Crippen molar-refractivity contribution < 1.29 is 0 Å². The van der Waals surface area contributed by atoms with E-state index in [2.05, 4.69) is 51.7 Å². The van der Waals surface area contributed by atoms with E-state index in [1.54, 1.807) is 0 Å². The molecule has 0 rings (SSSR count). The third-order valence-corrected chi connectivity index (χ3v) is 2.61. The number of allylic oxidation sites excluding steroid dienone is 5. The van der Waals surface area contributed by atoms with Gasteiger partial charge in [0.05, 0.1) is 0 Å². The van der Waals surface area contributed by atoms with Gasteiger partial charge in [-0.3, -0.25) is 0 Å². The summed E-state index contributed by atoms with van der Waals surface area (Å²) in [6.07, 6.45) is 8.67. The number of nitrogens with one attached hydrogen (secondary N) is 1. The first-order valence-electron chi connectivity index (χ1n) is 5.81. The maximum atomic E-state index is 3.76. The Hall–Kier alpha value is -0.820. The molecule has 0 aromatic carbocycles. The van der Waals surface area contributed by atoms with Crippen LogP contribution in [0.4, 0.5) is 0 Å². The van der Waals surface area contributed by atoms with E-state index >= 15 is 0 Å². The molecule has 15 heavy (non-hydrogen) atoms. The Kier molecular flexibility index (Phi) is 8.02. The summed E-state index contributed by atoms with van der Waals surface area (Å²) in [7, 11) is 0. The minimum absolute atomic E-state index is 0.615. The van der Waals surface area contributed by atoms with Gasteiger partial charge in [-0.25, -0.2) is 0 Å². The average Bonchev–Trinajstić information content (AvgIpc) is 2.23. The molecule has 0 aromatic heterocycles. The van der Waals surface area contributed by atoms with Gasteiger partial charge in [0.15, 0.2) is 0 Å². The zero-order chi connectivity index (χ0) is 11.7. The maximum absolute atomic E-state index is 3.76. The Morgan fingerprint density at radius 2 is 2.00 bits per heavy atom. The summed E-state index contributed by atoms with van der Waals surface area (Å²) in [5, 5.41) is 3.41. The van der Waals surface area contributed by atoms with E-state index in [9.17, 15) is 0 Å². The Bertz CT molecular complexity index is 236. The highest BCUT2D eigenvalue weighted by Crippen LogP contribution is 2.07. The summed E-state index contributed by atoms with van der Waals surface area (Å²) in [4.78, 5) is 0. The van der Waals surface area contributed by atoms with Crippen LogP contribution in [0.3, 0.4) is 0 Å². The Labute approximate surface area is 95.0 Å². The van der Waals surface area contributed by atoms with Crippen molar-refractivity contribution in [3.8, 4) is 0 Å². The summed E-state index contributed by atoms with van der Waals surface area (Å²) in [5.41, 5.74) is 2.56. The standard InChI is InChI=1S/C14H25N/c1-6-12(3)13(4)10-8-9-11-14(5)15-7-2/h6,8,10,14-15H,1,7,9,11H2,2-5H3/b10-8-,13-12-. The van der Waals surface area contributed by atoms with Gasteiger partial charge in [0.1, 0.15) is 0 Å². The first-order chi connectivity index (χ1) is 7.11. The lowest BCUT2D eigenvalue weighted by atomic mass is 10.1. The van der Waals surface area contributed by atoms with Crippen molar-refractivity contribution in [3.05, 3.63) is 36.0 Å². The molecular formula is C14H25N. The molecule has 0 aliphatic carbocycles. The third kappa shape index (κ3) is 7.15. The Balaban J connectivity index is 3.86. The number of hydrogen-bond acceptors (Lipinski definition) is 1. The van der Waals surface area contributed by atoms with Crippen LogP contribution in [0.15, 0.2) is 36.0 Å². The zero-order valence-corrected chi connectivity index (χ0v) is 10.6. The van der Waals surface area contributed by atoms with Crippen LogP contribution in [-0.2, 0) is 0 Å². The fourth-order valence-electron chi connectivity index (χ4n) is 1.35. The molecule has 1 atom stereocenters. The van der Waals surface area contributed by atoms with Crippen LogP contribution in [0.25, 0.3) is 0 Å². The SMILES string of the molecule is C=C/C(C)=C(C)\C=C/CCC(C)NCC. The molecule has 0 saturated heterocycles. The smallest absolute Gasteiger partial charge is 0.00415 e. The lowest BCUT2D eigenvalue weighted by Gasteiger charge is -2.09. The normalized spacial score (nSPS) is 15.2. The molecule has 1 unspecified atom stereocenters. The van der Waals surface area contributed by atoms with Gasteiger partial charge in [0.25, 0.3) is 0 Å². The van der Waals surface area contributed by atoms with Crippen molar-refractivity contribution >= 4 is 0 Å². The molecule has 0 aliphatic rings. The van der Waals surface area contributed by atoms with E-state index in [0.717, 1.165) is 13.0 Å². The van der Waals surface area contributed by atoms with E-state index in [4.69, 9.17) is 0 Å². The number of rotatable bonds is 7. The summed E-state index contributed by atoms with van der Waals surface area (Å²) in [6.45, 7) is 13.4. The minimum Gasteiger partial charge on any atom is -0.315 e. The molecule has 0 bridgehead atoms. The predicted molar refractivity (Wildman–Crippen MR) is 70.1 cm³/mol. The topological polar surface area (TPSA) is 12.0 Å². The second-order valence-corrected chi connectivity index (χ2v) is 4.01. The molecule has 1 N–H and O–H groups in total. The van der Waals surface area contributed by atoms with E-state index in [-0.39, 0.29) is 0 Å². The molecule has 0 spiro atoms. The molecule has 0 saturated carbocycles. The predicted octanol–water partition coefficient (Wildman–Crippen LogP) is 3.84. The molecule has 0 amide bonds. The molecule has 0 aliphatic heterocycles. The van der Waals surface area contributed by atoms with Crippen LogP contribution in [-0.4, -0.2) is 12.6 Å². The molecular weight excluding hydrogens is 182 g/mol. The molecule has 0 radical (unpaired) electrons. The highest BCUT2D eigenvalue weighted by atomic mass is 14.9. The second kappa shape index (κ2) is 8.49. The van der Waals surface area contributed by atoms with Crippen molar-refractivity contribution in [2.24, 2.45) is 0 Å². The third-order valence-electron chi connectivity index (χ3n) is 2.61. The zero-order valence-electron chi connectivity index (χ0n) is 10.6. The average molecular weight is 207 g/mol. The van der Waals surface area contributed by atoms with Gasteiger partial charge in [-0.1, -0.05) is 31.7 Å². The van der Waals surface area contributed by atoms with Crippen LogP contribution in [0.1, 0.15) is 40.5 Å². The van der Waals surface area contributed by atoms with Gasteiger partial charge in [0, 0.05) is 6.04 Å². The van der Waals surface area contributed by atoms with Crippen molar-refractivity contribution in [2.75, 3.05) is 6.54 Å². The molecule has 1 nitrogen and oxygen atoms in total. The fraction of sp³-hybridized carbons (Fsp3) is 0.571. The quantitative estimate of drug-likeness (QED) is 0.625. The van der Waals surface area contributed by atoms with Crippen molar-refractivity contribution in [3.63, 3.8) is 0 Å². The van der Waals surface area contributed by atoms with Gasteiger partial charge in [-0.15, -0.1) is 0 Å². The maximum Gasteiger partial charge on any atom is 0.00415 e. The lowest BCUT2D eigenvalue weighted by Crippen LogP contribution is -2.24. The van der Waals surface area contributed by atoms with Gasteiger partial charge in [-0.2, -0.15) is 0 Å². The molecule has 0 fully saturated rings. The van der Waals surface area contributed by atoms with Gasteiger partial charge in [0.2, 0.25) is 0 Å². The molecule has 86 valence electrons. The van der Waals surface area contributed by atoms with E-state index in [0.29, 0.717) is 6.04 Å². The van der Waals surface area contributed by atoms with Crippen LogP contribution >= 0.6 is 0 Å². The van der Waals surface area contributed by atoms with Crippen molar-refractivity contribution in [1.82, 2.24) is 5.32 Å². The summed E-state index contributed by atoms with van der Waals surface area (Å²) >= 11 is 0. The molecule has 0 aromatic rings. The minimum atomic E-state index is 0.615. The van der Waals surface area contributed by atoms with E-state index in [1.165, 1.54) is 17.6 Å². The van der Waals surface area contributed by atoms with E-state index in [1.807, 2.05) is 6.08 Å². The monoisotopic (exact) mass is 207 g/mol. The van der Waals surface area contributed by atoms with Crippen LogP contribution in [0.2, 0.25) is 0 Å². The van der Waals surface area contributed by atoms with Crippen LogP contribution < -0.4 is 5.32 Å². The van der Waals surface area contributed by atoms with E-state index < -0.39 is 0 Å². The first kappa shape index (κ1) is 14.2. The van der Waals surface area contributed by atoms with Crippen LogP contribution in [0, 0.1) is 0 Å². The second-order valence-electron chi connectivity index (χ2n) is 4.01. The lowest BCUT2D eigenvalue weighted by molar-refractivity contribution is 0.535. The van der Waals surface area contributed by atoms with Gasteiger partial charge < -0.3 is 5.32 Å². The van der Waals surface area contributed by atoms with Gasteiger partial charge >= 0.3 is 0 Å². The van der Waals surface area contributed by atoms with Crippen molar-refractivity contribution in [2.45, 2.75) is 46.6 Å². The summed E-state index contributed by atoms with van der Waals surface area (Å²) < 4.78 is 0. The molecule has 1 heteroatoms. The largest absolute Gasteiger partial charge is 0.315 e. The highest BCUT2D eigenvalue weighted by molar-refractivity contribution is 5.28. The molecule has 0 heterocycles.